The second kappa shape index (κ2) is 7.80. The highest BCUT2D eigenvalue weighted by molar-refractivity contribution is 5.69. The summed E-state index contributed by atoms with van der Waals surface area (Å²) in [5.41, 5.74) is 0. The van der Waals surface area contributed by atoms with E-state index in [2.05, 4.69) is 16.1 Å². The lowest BCUT2D eigenvalue weighted by atomic mass is 10.2. The third-order valence-corrected chi connectivity index (χ3v) is 1.74. The Morgan fingerprint density at radius 3 is 2.85 bits per heavy atom. The number of ether oxygens (including phenoxy) is 1. The Balaban J connectivity index is 3.39. The number of nitrogens with one attached hydrogen (secondary N) is 1. The fourth-order valence-corrected chi connectivity index (χ4v) is 0.985. The number of methoxy groups -OCH3 is 1. The summed E-state index contributed by atoms with van der Waals surface area (Å²) in [6.45, 7) is 4.88. The summed E-state index contributed by atoms with van der Waals surface area (Å²) < 4.78 is 4.56. The largest absolute Gasteiger partial charge is 0.469 e. The van der Waals surface area contributed by atoms with E-state index in [0.29, 0.717) is 6.42 Å². The lowest BCUT2D eigenvalue weighted by molar-refractivity contribution is -0.141. The molecule has 1 unspecified atom stereocenters. The van der Waals surface area contributed by atoms with Crippen molar-refractivity contribution in [2.75, 3.05) is 13.7 Å². The molecule has 0 saturated heterocycles. The van der Waals surface area contributed by atoms with Gasteiger partial charge in [0.1, 0.15) is 0 Å². The van der Waals surface area contributed by atoms with Crippen LogP contribution < -0.4 is 5.32 Å². The molecule has 13 heavy (non-hydrogen) atoms. The number of carbonyl (C=O) groups is 1. The molecule has 0 aromatic heterocycles. The van der Waals surface area contributed by atoms with Crippen molar-refractivity contribution < 1.29 is 9.53 Å². The molecule has 76 valence electrons. The standard InChI is InChI=1S/C10H19NO2/c1-4-5-6-7-11-9(2)8-10(12)13-3/h4-5,9,11H,6-8H2,1-3H3/b5-4+. The van der Waals surface area contributed by atoms with Crippen LogP contribution in [-0.2, 0) is 9.53 Å². The molecule has 0 aromatic carbocycles. The van der Waals surface area contributed by atoms with Crippen LogP contribution in [0.5, 0.6) is 0 Å². The van der Waals surface area contributed by atoms with E-state index in [9.17, 15) is 4.79 Å². The van der Waals surface area contributed by atoms with Gasteiger partial charge in [-0.3, -0.25) is 4.79 Å². The van der Waals surface area contributed by atoms with Crippen molar-refractivity contribution in [3.8, 4) is 0 Å². The highest BCUT2D eigenvalue weighted by Crippen LogP contribution is 1.93. The van der Waals surface area contributed by atoms with Crippen molar-refractivity contribution >= 4 is 5.97 Å². The zero-order valence-corrected chi connectivity index (χ0v) is 8.67. The molecule has 0 heterocycles. The van der Waals surface area contributed by atoms with Gasteiger partial charge < -0.3 is 10.1 Å². The van der Waals surface area contributed by atoms with E-state index in [4.69, 9.17) is 0 Å². The van der Waals surface area contributed by atoms with Gasteiger partial charge in [0.15, 0.2) is 0 Å². The first kappa shape index (κ1) is 12.2. The number of carbonyl (C=O) groups excluding carboxylic acids is 1. The SMILES string of the molecule is C/C=C/CCNC(C)CC(=O)OC. The van der Waals surface area contributed by atoms with Crippen LogP contribution in [0.3, 0.4) is 0 Å². The van der Waals surface area contributed by atoms with Crippen molar-refractivity contribution in [2.24, 2.45) is 0 Å². The second-order valence-corrected chi connectivity index (χ2v) is 2.99. The maximum absolute atomic E-state index is 10.8. The molecule has 0 radical (unpaired) electrons. The van der Waals surface area contributed by atoms with E-state index < -0.39 is 0 Å². The minimum atomic E-state index is -0.161. The smallest absolute Gasteiger partial charge is 0.307 e. The lowest BCUT2D eigenvalue weighted by Gasteiger charge is -2.10. The minimum Gasteiger partial charge on any atom is -0.469 e. The summed E-state index contributed by atoms with van der Waals surface area (Å²) in [6.07, 6.45) is 5.55. The molecule has 0 bridgehead atoms. The Hall–Kier alpha value is -0.830. The molecule has 0 aliphatic rings. The topological polar surface area (TPSA) is 38.3 Å². The first-order valence-electron chi connectivity index (χ1n) is 4.62. The molecule has 0 spiro atoms. The third-order valence-electron chi connectivity index (χ3n) is 1.74. The summed E-state index contributed by atoms with van der Waals surface area (Å²) in [7, 11) is 1.41. The predicted molar refractivity (Wildman–Crippen MR) is 53.5 cm³/mol. The summed E-state index contributed by atoms with van der Waals surface area (Å²) in [6, 6.07) is 0.192. The van der Waals surface area contributed by atoms with E-state index in [1.165, 1.54) is 7.11 Å². The van der Waals surface area contributed by atoms with Crippen molar-refractivity contribution in [1.82, 2.24) is 5.32 Å². The van der Waals surface area contributed by atoms with Crippen LogP contribution in [0.2, 0.25) is 0 Å². The van der Waals surface area contributed by atoms with Crippen molar-refractivity contribution in [2.45, 2.75) is 32.7 Å². The third kappa shape index (κ3) is 7.53. The van der Waals surface area contributed by atoms with Crippen LogP contribution in [0.25, 0.3) is 0 Å². The van der Waals surface area contributed by atoms with E-state index >= 15 is 0 Å². The fourth-order valence-electron chi connectivity index (χ4n) is 0.985. The Morgan fingerprint density at radius 1 is 1.62 bits per heavy atom. The van der Waals surface area contributed by atoms with E-state index in [1.54, 1.807) is 0 Å². The van der Waals surface area contributed by atoms with Gasteiger partial charge in [0.25, 0.3) is 0 Å². The van der Waals surface area contributed by atoms with Gasteiger partial charge in [-0.2, -0.15) is 0 Å². The molecule has 1 N–H and O–H groups in total. The Kier molecular flexibility index (Phi) is 7.30. The van der Waals surface area contributed by atoms with Gasteiger partial charge in [-0.1, -0.05) is 12.2 Å². The fraction of sp³-hybridized carbons (Fsp3) is 0.700. The lowest BCUT2D eigenvalue weighted by Crippen LogP contribution is -2.29. The summed E-state index contributed by atoms with van der Waals surface area (Å²) in [5.74, 6) is -0.161. The second-order valence-electron chi connectivity index (χ2n) is 2.99. The predicted octanol–water partition coefficient (Wildman–Crippen LogP) is 1.49. The monoisotopic (exact) mass is 185 g/mol. The Morgan fingerprint density at radius 2 is 2.31 bits per heavy atom. The molecule has 1 atom stereocenters. The van der Waals surface area contributed by atoms with Crippen LogP contribution in [0.15, 0.2) is 12.2 Å². The van der Waals surface area contributed by atoms with Crippen LogP contribution in [-0.4, -0.2) is 25.7 Å². The van der Waals surface area contributed by atoms with E-state index in [0.717, 1.165) is 13.0 Å². The highest BCUT2D eigenvalue weighted by atomic mass is 16.5. The maximum Gasteiger partial charge on any atom is 0.307 e. The molecule has 0 aromatic rings. The van der Waals surface area contributed by atoms with Gasteiger partial charge in [0.2, 0.25) is 0 Å². The number of hydrogen-bond donors (Lipinski definition) is 1. The molecule has 0 rings (SSSR count). The van der Waals surface area contributed by atoms with Gasteiger partial charge in [0.05, 0.1) is 13.5 Å². The zero-order chi connectivity index (χ0) is 10.1. The van der Waals surface area contributed by atoms with Gasteiger partial charge in [-0.25, -0.2) is 0 Å². The van der Waals surface area contributed by atoms with Crippen molar-refractivity contribution in [3.05, 3.63) is 12.2 Å². The zero-order valence-electron chi connectivity index (χ0n) is 8.67. The number of rotatable bonds is 6. The number of hydrogen-bond acceptors (Lipinski definition) is 3. The van der Waals surface area contributed by atoms with Crippen LogP contribution in [0.1, 0.15) is 26.7 Å². The first-order chi connectivity index (χ1) is 6.20. The summed E-state index contributed by atoms with van der Waals surface area (Å²) in [5, 5.41) is 3.23. The molecule has 0 aliphatic carbocycles. The van der Waals surface area contributed by atoms with Gasteiger partial charge in [0, 0.05) is 6.04 Å². The minimum absolute atomic E-state index is 0.161. The molecule has 3 heteroatoms. The number of esters is 1. The number of allylic oxidation sites excluding steroid dienone is 1. The summed E-state index contributed by atoms with van der Waals surface area (Å²) >= 11 is 0. The van der Waals surface area contributed by atoms with Crippen LogP contribution in [0, 0.1) is 0 Å². The molecule has 0 fully saturated rings. The maximum atomic E-state index is 10.8. The van der Waals surface area contributed by atoms with Crippen LogP contribution >= 0.6 is 0 Å². The van der Waals surface area contributed by atoms with Gasteiger partial charge in [-0.15, -0.1) is 0 Å². The van der Waals surface area contributed by atoms with Gasteiger partial charge in [-0.05, 0) is 26.8 Å². The summed E-state index contributed by atoms with van der Waals surface area (Å²) in [4.78, 5) is 10.8. The molecule has 0 saturated carbocycles. The van der Waals surface area contributed by atoms with Gasteiger partial charge >= 0.3 is 5.97 Å². The molecular weight excluding hydrogens is 166 g/mol. The molecule has 0 amide bonds. The van der Waals surface area contributed by atoms with Crippen molar-refractivity contribution in [1.29, 1.82) is 0 Å². The van der Waals surface area contributed by atoms with E-state index in [1.807, 2.05) is 19.9 Å². The van der Waals surface area contributed by atoms with Crippen molar-refractivity contribution in [3.63, 3.8) is 0 Å². The van der Waals surface area contributed by atoms with E-state index in [-0.39, 0.29) is 12.0 Å². The average molecular weight is 185 g/mol. The molecular formula is C10H19NO2. The highest BCUT2D eigenvalue weighted by Gasteiger charge is 2.06. The normalized spacial score (nSPS) is 13.2. The molecule has 0 aliphatic heterocycles. The first-order valence-corrected chi connectivity index (χ1v) is 4.62. The Labute approximate surface area is 80.2 Å². The van der Waals surface area contributed by atoms with Crippen LogP contribution in [0.4, 0.5) is 0 Å². The Bertz CT molecular complexity index is 166. The quantitative estimate of drug-likeness (QED) is 0.387. The molecule has 3 nitrogen and oxygen atoms in total. The average Bonchev–Trinajstić information content (AvgIpc) is 2.12.